The topological polar surface area (TPSA) is 112 Å². The van der Waals surface area contributed by atoms with E-state index < -0.39 is 0 Å². The van der Waals surface area contributed by atoms with E-state index in [0.717, 1.165) is 91.0 Å². The number of hydrogen-bond donors (Lipinski definition) is 2. The molecule has 0 aliphatic carbocycles. The van der Waals surface area contributed by atoms with Crippen molar-refractivity contribution in [3.05, 3.63) is 10.5 Å². The molecule has 2 aromatic rings. The van der Waals surface area contributed by atoms with E-state index in [0.29, 0.717) is 17.8 Å². The van der Waals surface area contributed by atoms with E-state index in [1.54, 1.807) is 4.57 Å². The van der Waals surface area contributed by atoms with Crippen molar-refractivity contribution in [1.29, 1.82) is 0 Å². The Morgan fingerprint density at radius 1 is 0.944 bits per heavy atom. The number of nitrogen functional groups attached to an aromatic ring is 1. The predicted octanol–water partition coefficient (Wildman–Crippen LogP) is 1.43. The predicted molar refractivity (Wildman–Crippen MR) is 143 cm³/mol. The van der Waals surface area contributed by atoms with Crippen LogP contribution >= 0.6 is 0 Å². The first-order chi connectivity index (χ1) is 17.5. The summed E-state index contributed by atoms with van der Waals surface area (Å²) in [5, 5.41) is 0. The van der Waals surface area contributed by atoms with Crippen molar-refractivity contribution in [3.63, 3.8) is 0 Å². The average molecular weight is 504 g/mol. The van der Waals surface area contributed by atoms with Crippen LogP contribution in [0.15, 0.2) is 4.79 Å². The first-order valence-electron chi connectivity index (χ1n) is 13.7. The van der Waals surface area contributed by atoms with Gasteiger partial charge in [-0.3, -0.25) is 9.47 Å². The van der Waals surface area contributed by atoms with Gasteiger partial charge in [-0.2, -0.15) is 9.97 Å². The number of nitrogens with one attached hydrogen (secondary N) is 1. The highest BCUT2D eigenvalue weighted by molar-refractivity contribution is 5.82. The highest BCUT2D eigenvalue weighted by Gasteiger charge is 2.28. The minimum absolute atomic E-state index is 0.0682. The van der Waals surface area contributed by atoms with Gasteiger partial charge in [0.15, 0.2) is 11.5 Å². The quantitative estimate of drug-likeness (QED) is 0.416. The Bertz CT molecular complexity index is 1010. The second kappa shape index (κ2) is 12.8. The van der Waals surface area contributed by atoms with E-state index in [-0.39, 0.29) is 23.7 Å². The molecule has 2 saturated heterocycles. The summed E-state index contributed by atoms with van der Waals surface area (Å²) in [6.45, 7) is 12.2. The second-order valence-corrected chi connectivity index (χ2v) is 10.4. The third-order valence-electron chi connectivity index (χ3n) is 7.60. The van der Waals surface area contributed by atoms with Gasteiger partial charge in [0.2, 0.25) is 0 Å². The minimum atomic E-state index is -0.182. The van der Waals surface area contributed by atoms with Crippen molar-refractivity contribution in [2.45, 2.75) is 51.6 Å². The highest BCUT2D eigenvalue weighted by Crippen LogP contribution is 2.26. The first kappa shape index (κ1) is 26.8. The number of imidazole rings is 1. The standard InChI is InChI=1S/C25H45N9O2/c1-4-5-19-36-24-28-22(26)21-23(29-24)34(25(35)27-21)20(33-17-13-31(3)14-18-33)9-7-6-8-10-32-15-11-30(2)12-16-32/h20H,4-19H2,1-3H3,(H,27,35)(H2,26,28,29). The number of nitrogens with two attached hydrogens (primary N) is 1. The van der Waals surface area contributed by atoms with Crippen molar-refractivity contribution in [3.8, 4) is 6.01 Å². The van der Waals surface area contributed by atoms with Gasteiger partial charge < -0.3 is 30.2 Å². The van der Waals surface area contributed by atoms with Crippen LogP contribution in [0.4, 0.5) is 5.82 Å². The van der Waals surface area contributed by atoms with Gasteiger partial charge in [0, 0.05) is 52.4 Å². The molecule has 202 valence electrons. The number of likely N-dealkylation sites (N-methyl/N-ethyl adjacent to an activating group) is 2. The number of nitrogens with zero attached hydrogens (tertiary/aromatic N) is 7. The summed E-state index contributed by atoms with van der Waals surface area (Å²) in [5.41, 5.74) is 7.07. The van der Waals surface area contributed by atoms with Gasteiger partial charge in [0.25, 0.3) is 0 Å². The molecule has 2 aromatic heterocycles. The molecule has 2 aliphatic heterocycles. The summed E-state index contributed by atoms with van der Waals surface area (Å²) < 4.78 is 7.55. The summed E-state index contributed by atoms with van der Waals surface area (Å²) in [6.07, 6.45) is 6.16. The fraction of sp³-hybridized carbons (Fsp3) is 0.800. The lowest BCUT2D eigenvalue weighted by atomic mass is 10.1. The van der Waals surface area contributed by atoms with Crippen LogP contribution < -0.4 is 16.2 Å². The highest BCUT2D eigenvalue weighted by atomic mass is 16.5. The lowest BCUT2D eigenvalue weighted by Gasteiger charge is -2.38. The van der Waals surface area contributed by atoms with E-state index in [9.17, 15) is 4.79 Å². The molecule has 3 N–H and O–H groups in total. The van der Waals surface area contributed by atoms with Crippen LogP contribution in [0.5, 0.6) is 6.01 Å². The molecule has 4 rings (SSSR count). The maximum absolute atomic E-state index is 13.2. The maximum atomic E-state index is 13.2. The molecule has 0 bridgehead atoms. The molecule has 11 heteroatoms. The Kier molecular flexibility index (Phi) is 9.58. The number of rotatable bonds is 12. The van der Waals surface area contributed by atoms with Crippen molar-refractivity contribution >= 4 is 17.0 Å². The molecule has 2 aliphatic rings. The molecule has 4 heterocycles. The number of aromatic amines is 1. The van der Waals surface area contributed by atoms with Crippen LogP contribution in [0.2, 0.25) is 0 Å². The fourth-order valence-electron chi connectivity index (χ4n) is 5.16. The summed E-state index contributed by atoms with van der Waals surface area (Å²) >= 11 is 0. The van der Waals surface area contributed by atoms with Crippen LogP contribution in [0.1, 0.15) is 51.6 Å². The third-order valence-corrected chi connectivity index (χ3v) is 7.60. The molecule has 2 fully saturated rings. The number of aromatic nitrogens is 4. The summed E-state index contributed by atoms with van der Waals surface area (Å²) in [5.74, 6) is 0.256. The Hall–Kier alpha value is -2.21. The Labute approximate surface area is 214 Å². The first-order valence-corrected chi connectivity index (χ1v) is 13.7. The zero-order valence-corrected chi connectivity index (χ0v) is 22.4. The molecule has 0 radical (unpaired) electrons. The SMILES string of the molecule is CCCCOc1nc(N)c2[nH]c(=O)n(C(CCCCCN3CCN(C)CC3)N3CCN(C)CC3)c2n1. The lowest BCUT2D eigenvalue weighted by Crippen LogP contribution is -2.48. The van der Waals surface area contributed by atoms with Gasteiger partial charge in [0.1, 0.15) is 5.52 Å². The van der Waals surface area contributed by atoms with E-state index in [4.69, 9.17) is 10.5 Å². The van der Waals surface area contributed by atoms with E-state index in [1.807, 2.05) is 0 Å². The Balaban J connectivity index is 1.48. The van der Waals surface area contributed by atoms with Crippen LogP contribution in [-0.4, -0.2) is 119 Å². The average Bonchev–Trinajstić information content (AvgIpc) is 3.20. The zero-order chi connectivity index (χ0) is 25.5. The fourth-order valence-corrected chi connectivity index (χ4v) is 5.16. The van der Waals surface area contributed by atoms with Crippen LogP contribution in [0.25, 0.3) is 11.2 Å². The van der Waals surface area contributed by atoms with Gasteiger partial charge in [-0.05, 0) is 46.3 Å². The molecule has 0 aromatic carbocycles. The summed E-state index contributed by atoms with van der Waals surface area (Å²) in [4.78, 5) is 34.8. The summed E-state index contributed by atoms with van der Waals surface area (Å²) in [6, 6.07) is 0.241. The van der Waals surface area contributed by atoms with E-state index in [1.165, 1.54) is 6.42 Å². The van der Waals surface area contributed by atoms with Crippen LogP contribution in [0, 0.1) is 0 Å². The molecule has 0 amide bonds. The van der Waals surface area contributed by atoms with Crippen LogP contribution in [-0.2, 0) is 0 Å². The molecule has 0 spiro atoms. The molecule has 36 heavy (non-hydrogen) atoms. The Morgan fingerprint density at radius 2 is 1.64 bits per heavy atom. The lowest BCUT2D eigenvalue weighted by molar-refractivity contribution is 0.0689. The number of fused-ring (bicyclic) bond motifs is 1. The number of anilines is 1. The van der Waals surface area contributed by atoms with Gasteiger partial charge in [-0.25, -0.2) is 4.79 Å². The normalized spacial score (nSPS) is 19.8. The molecule has 1 atom stereocenters. The number of unbranched alkanes of at least 4 members (excludes halogenated alkanes) is 3. The molecule has 11 nitrogen and oxygen atoms in total. The number of hydrogen-bond acceptors (Lipinski definition) is 9. The number of ether oxygens (including phenoxy) is 1. The smallest absolute Gasteiger partial charge is 0.329 e. The van der Waals surface area contributed by atoms with Crippen molar-refractivity contribution in [1.82, 2.24) is 39.1 Å². The van der Waals surface area contributed by atoms with Crippen LogP contribution in [0.3, 0.4) is 0 Å². The van der Waals surface area contributed by atoms with Gasteiger partial charge >= 0.3 is 11.7 Å². The number of piperazine rings is 2. The number of H-pyrrole nitrogens is 1. The van der Waals surface area contributed by atoms with E-state index >= 15 is 0 Å². The third kappa shape index (κ3) is 6.76. The molecular formula is C25H45N9O2. The molecule has 0 saturated carbocycles. The Morgan fingerprint density at radius 3 is 2.33 bits per heavy atom. The van der Waals surface area contributed by atoms with Crippen molar-refractivity contribution in [2.24, 2.45) is 0 Å². The zero-order valence-electron chi connectivity index (χ0n) is 22.4. The second-order valence-electron chi connectivity index (χ2n) is 10.4. The van der Waals surface area contributed by atoms with Crippen molar-refractivity contribution < 1.29 is 4.74 Å². The van der Waals surface area contributed by atoms with Gasteiger partial charge in [0.05, 0.1) is 12.8 Å². The van der Waals surface area contributed by atoms with Gasteiger partial charge in [-0.1, -0.05) is 19.8 Å². The minimum Gasteiger partial charge on any atom is -0.463 e. The molecular weight excluding hydrogens is 458 g/mol. The van der Waals surface area contributed by atoms with E-state index in [2.05, 4.69) is 55.6 Å². The summed E-state index contributed by atoms with van der Waals surface area (Å²) in [7, 11) is 4.34. The monoisotopic (exact) mass is 503 g/mol. The van der Waals surface area contributed by atoms with Gasteiger partial charge in [-0.15, -0.1) is 0 Å². The largest absolute Gasteiger partial charge is 0.463 e. The maximum Gasteiger partial charge on any atom is 0.329 e. The molecule has 1 unspecified atom stereocenters. The van der Waals surface area contributed by atoms with Crippen molar-refractivity contribution in [2.75, 3.05) is 85.3 Å².